The van der Waals surface area contributed by atoms with Crippen LogP contribution < -0.4 is 10.9 Å². The molecule has 17 heavy (non-hydrogen) atoms. The lowest BCUT2D eigenvalue weighted by Gasteiger charge is -2.10. The standard InChI is InChI=1S/C11H13BrN4O/c1-6(2)14-11-13-5-7-4-8(12)10(17)16(3)9(7)15-11/h4-6H,1-3H3,(H,13,14,15). The fraction of sp³-hybridized carbons (Fsp3) is 0.364. The highest BCUT2D eigenvalue weighted by Crippen LogP contribution is 2.14. The van der Waals surface area contributed by atoms with Crippen LogP contribution >= 0.6 is 15.9 Å². The van der Waals surface area contributed by atoms with Gasteiger partial charge >= 0.3 is 0 Å². The second-order valence-corrected chi connectivity index (χ2v) is 4.98. The lowest BCUT2D eigenvalue weighted by molar-refractivity contribution is 0.854. The monoisotopic (exact) mass is 296 g/mol. The van der Waals surface area contributed by atoms with E-state index in [1.165, 1.54) is 4.57 Å². The third kappa shape index (κ3) is 2.31. The Morgan fingerprint density at radius 2 is 2.18 bits per heavy atom. The number of pyridine rings is 1. The summed E-state index contributed by atoms with van der Waals surface area (Å²) in [6.45, 7) is 4.02. The van der Waals surface area contributed by atoms with Gasteiger partial charge in [0.2, 0.25) is 5.95 Å². The van der Waals surface area contributed by atoms with E-state index in [1.807, 2.05) is 13.8 Å². The van der Waals surface area contributed by atoms with Gasteiger partial charge in [0.1, 0.15) is 5.65 Å². The molecule has 0 saturated heterocycles. The molecule has 0 fully saturated rings. The van der Waals surface area contributed by atoms with Crippen LogP contribution in [0.25, 0.3) is 11.0 Å². The highest BCUT2D eigenvalue weighted by Gasteiger charge is 2.07. The zero-order valence-corrected chi connectivity index (χ0v) is 11.4. The number of anilines is 1. The maximum Gasteiger partial charge on any atom is 0.266 e. The molecule has 2 aromatic rings. The number of aromatic nitrogens is 3. The number of nitrogens with zero attached hydrogens (tertiary/aromatic N) is 3. The van der Waals surface area contributed by atoms with Crippen LogP contribution in [0.1, 0.15) is 13.8 Å². The number of fused-ring (bicyclic) bond motifs is 1. The molecule has 5 nitrogen and oxygen atoms in total. The molecule has 2 aromatic heterocycles. The average Bonchev–Trinajstić information content (AvgIpc) is 2.26. The van der Waals surface area contributed by atoms with E-state index in [1.54, 1.807) is 19.3 Å². The van der Waals surface area contributed by atoms with Crippen LogP contribution in [0.4, 0.5) is 5.95 Å². The molecule has 0 aliphatic heterocycles. The zero-order valence-electron chi connectivity index (χ0n) is 9.86. The second kappa shape index (κ2) is 4.44. The first-order chi connectivity index (χ1) is 7.99. The molecule has 0 aromatic carbocycles. The topological polar surface area (TPSA) is 59.8 Å². The minimum atomic E-state index is -0.105. The molecule has 90 valence electrons. The van der Waals surface area contributed by atoms with Crippen LogP contribution in [-0.4, -0.2) is 20.6 Å². The molecule has 0 radical (unpaired) electrons. The highest BCUT2D eigenvalue weighted by atomic mass is 79.9. The average molecular weight is 297 g/mol. The maximum atomic E-state index is 11.8. The van der Waals surface area contributed by atoms with Crippen molar-refractivity contribution in [2.75, 3.05) is 5.32 Å². The van der Waals surface area contributed by atoms with Crippen molar-refractivity contribution in [3.8, 4) is 0 Å². The van der Waals surface area contributed by atoms with Gasteiger partial charge < -0.3 is 5.32 Å². The van der Waals surface area contributed by atoms with E-state index in [4.69, 9.17) is 0 Å². The number of hydrogen-bond acceptors (Lipinski definition) is 4. The minimum absolute atomic E-state index is 0.105. The highest BCUT2D eigenvalue weighted by molar-refractivity contribution is 9.10. The fourth-order valence-corrected chi connectivity index (χ4v) is 2.05. The summed E-state index contributed by atoms with van der Waals surface area (Å²) in [4.78, 5) is 20.3. The van der Waals surface area contributed by atoms with E-state index in [2.05, 4.69) is 31.2 Å². The number of nitrogens with one attached hydrogen (secondary N) is 1. The number of rotatable bonds is 2. The van der Waals surface area contributed by atoms with E-state index < -0.39 is 0 Å². The molecule has 0 atom stereocenters. The van der Waals surface area contributed by atoms with Gasteiger partial charge in [0.05, 0.1) is 4.47 Å². The predicted molar refractivity (Wildman–Crippen MR) is 71.2 cm³/mol. The van der Waals surface area contributed by atoms with Crippen molar-refractivity contribution in [2.24, 2.45) is 7.05 Å². The van der Waals surface area contributed by atoms with Gasteiger partial charge in [0.15, 0.2) is 0 Å². The predicted octanol–water partition coefficient (Wildman–Crippen LogP) is 1.91. The van der Waals surface area contributed by atoms with Crippen molar-refractivity contribution in [3.05, 3.63) is 27.1 Å². The fourth-order valence-electron chi connectivity index (χ4n) is 1.54. The molecule has 2 heterocycles. The van der Waals surface area contributed by atoms with Crippen molar-refractivity contribution < 1.29 is 0 Å². The molecular formula is C11H13BrN4O. The summed E-state index contributed by atoms with van der Waals surface area (Å²) in [6, 6.07) is 1.98. The molecule has 0 unspecified atom stereocenters. The molecule has 1 N–H and O–H groups in total. The van der Waals surface area contributed by atoms with Crippen molar-refractivity contribution in [1.29, 1.82) is 0 Å². The number of aryl methyl sites for hydroxylation is 1. The van der Waals surface area contributed by atoms with Crippen LogP contribution in [0.3, 0.4) is 0 Å². The van der Waals surface area contributed by atoms with Gasteiger partial charge in [-0.2, -0.15) is 4.98 Å². The molecule has 0 amide bonds. The van der Waals surface area contributed by atoms with E-state index in [0.717, 1.165) is 5.39 Å². The van der Waals surface area contributed by atoms with Gasteiger partial charge in [0, 0.05) is 24.7 Å². The summed E-state index contributed by atoms with van der Waals surface area (Å²) in [7, 11) is 1.70. The Morgan fingerprint density at radius 3 is 2.82 bits per heavy atom. The van der Waals surface area contributed by atoms with Crippen LogP contribution in [0.5, 0.6) is 0 Å². The van der Waals surface area contributed by atoms with Gasteiger partial charge in [-0.3, -0.25) is 9.36 Å². The van der Waals surface area contributed by atoms with E-state index in [9.17, 15) is 4.79 Å². The third-order valence-corrected chi connectivity index (χ3v) is 2.89. The van der Waals surface area contributed by atoms with Crippen molar-refractivity contribution in [2.45, 2.75) is 19.9 Å². The number of halogens is 1. The first kappa shape index (κ1) is 12.0. The molecule has 0 aliphatic rings. The summed E-state index contributed by atoms with van der Waals surface area (Å²) in [6.07, 6.45) is 1.71. The Balaban J connectivity index is 2.65. The van der Waals surface area contributed by atoms with E-state index in [0.29, 0.717) is 16.1 Å². The first-order valence-corrected chi connectivity index (χ1v) is 6.07. The third-order valence-electron chi connectivity index (χ3n) is 2.32. The van der Waals surface area contributed by atoms with E-state index in [-0.39, 0.29) is 11.6 Å². The largest absolute Gasteiger partial charge is 0.352 e. The van der Waals surface area contributed by atoms with Gasteiger partial charge in [-0.05, 0) is 35.8 Å². The van der Waals surface area contributed by atoms with Gasteiger partial charge in [-0.15, -0.1) is 0 Å². The molecule has 6 heteroatoms. The maximum absolute atomic E-state index is 11.8. The number of hydrogen-bond donors (Lipinski definition) is 1. The Labute approximate surface area is 107 Å². The van der Waals surface area contributed by atoms with Gasteiger partial charge in [0.25, 0.3) is 5.56 Å². The minimum Gasteiger partial charge on any atom is -0.352 e. The quantitative estimate of drug-likeness (QED) is 0.920. The van der Waals surface area contributed by atoms with Crippen LogP contribution in [-0.2, 0) is 7.05 Å². The van der Waals surface area contributed by atoms with Gasteiger partial charge in [-0.1, -0.05) is 0 Å². The second-order valence-electron chi connectivity index (χ2n) is 4.13. The zero-order chi connectivity index (χ0) is 12.6. The SMILES string of the molecule is CC(C)Nc1ncc2cc(Br)c(=O)n(C)c2n1. The molecule has 2 rings (SSSR count). The van der Waals surface area contributed by atoms with Gasteiger partial charge in [-0.25, -0.2) is 4.98 Å². The molecular weight excluding hydrogens is 284 g/mol. The summed E-state index contributed by atoms with van der Waals surface area (Å²) in [5.74, 6) is 0.532. The lowest BCUT2D eigenvalue weighted by Crippen LogP contribution is -2.19. The molecule has 0 spiro atoms. The lowest BCUT2D eigenvalue weighted by atomic mass is 10.3. The summed E-state index contributed by atoms with van der Waals surface area (Å²) in [5, 5.41) is 3.94. The normalized spacial score (nSPS) is 11.1. The van der Waals surface area contributed by atoms with Crippen LogP contribution in [0.15, 0.2) is 21.5 Å². The summed E-state index contributed by atoms with van der Waals surface area (Å²) in [5.41, 5.74) is 0.517. The summed E-state index contributed by atoms with van der Waals surface area (Å²) >= 11 is 3.22. The van der Waals surface area contributed by atoms with Crippen LogP contribution in [0, 0.1) is 0 Å². The van der Waals surface area contributed by atoms with Crippen molar-refractivity contribution in [3.63, 3.8) is 0 Å². The molecule has 0 saturated carbocycles. The Hall–Kier alpha value is -1.43. The first-order valence-electron chi connectivity index (χ1n) is 5.28. The van der Waals surface area contributed by atoms with Crippen molar-refractivity contribution in [1.82, 2.24) is 14.5 Å². The van der Waals surface area contributed by atoms with Crippen molar-refractivity contribution >= 4 is 32.9 Å². The smallest absolute Gasteiger partial charge is 0.266 e. The Kier molecular flexibility index (Phi) is 3.15. The molecule has 0 aliphatic carbocycles. The van der Waals surface area contributed by atoms with E-state index >= 15 is 0 Å². The summed E-state index contributed by atoms with van der Waals surface area (Å²) < 4.78 is 2.02. The molecule has 0 bridgehead atoms. The van der Waals surface area contributed by atoms with Crippen LogP contribution in [0.2, 0.25) is 0 Å². The Bertz CT molecular complexity index is 621. The Morgan fingerprint density at radius 1 is 1.47 bits per heavy atom.